The lowest BCUT2D eigenvalue weighted by atomic mass is 10.1. The maximum atomic E-state index is 11.9. The first kappa shape index (κ1) is 13.8. The number of amides is 1. The van der Waals surface area contributed by atoms with Gasteiger partial charge in [0.2, 0.25) is 0 Å². The van der Waals surface area contributed by atoms with Crippen molar-refractivity contribution in [2.75, 3.05) is 19.4 Å². The fourth-order valence-corrected chi connectivity index (χ4v) is 1.64. The van der Waals surface area contributed by atoms with Gasteiger partial charge in [0, 0.05) is 26.0 Å². The number of carbonyl (C=O) groups is 1. The van der Waals surface area contributed by atoms with E-state index >= 15 is 0 Å². The van der Waals surface area contributed by atoms with Crippen LogP contribution in [0.2, 0.25) is 0 Å². The van der Waals surface area contributed by atoms with Gasteiger partial charge in [0.15, 0.2) is 0 Å². The highest BCUT2D eigenvalue weighted by atomic mass is 16.1. The lowest BCUT2D eigenvalue weighted by Gasteiger charge is -2.09. The van der Waals surface area contributed by atoms with E-state index in [1.54, 1.807) is 19.0 Å². The van der Waals surface area contributed by atoms with E-state index in [9.17, 15) is 4.79 Å². The number of anilines is 1. The summed E-state index contributed by atoms with van der Waals surface area (Å²) in [7, 11) is 3.53. The fraction of sp³-hybridized carbons (Fsp3) is 0.286. The van der Waals surface area contributed by atoms with E-state index in [0.29, 0.717) is 5.69 Å². The van der Waals surface area contributed by atoms with Gasteiger partial charge in [-0.1, -0.05) is 6.07 Å². The Morgan fingerprint density at radius 1 is 1.28 bits per heavy atom. The van der Waals surface area contributed by atoms with Crippen molar-refractivity contribution in [2.45, 2.75) is 13.8 Å². The molecule has 0 aliphatic heterocycles. The van der Waals surface area contributed by atoms with Crippen LogP contribution in [0.3, 0.4) is 0 Å². The number of aryl methyl sites for hydroxylation is 2. The fourth-order valence-electron chi connectivity index (χ4n) is 1.64. The first-order chi connectivity index (χ1) is 8.42. The summed E-state index contributed by atoms with van der Waals surface area (Å²) in [6, 6.07) is 7.66. The molecule has 4 heteroatoms. The topological polar surface area (TPSA) is 56.1 Å². The van der Waals surface area contributed by atoms with E-state index in [-0.39, 0.29) is 5.57 Å². The molecule has 1 rings (SSSR count). The molecule has 1 N–H and O–H groups in total. The van der Waals surface area contributed by atoms with Crippen LogP contribution in [0.25, 0.3) is 0 Å². The summed E-state index contributed by atoms with van der Waals surface area (Å²) in [6.07, 6.45) is 1.50. The molecule has 0 aliphatic carbocycles. The predicted molar refractivity (Wildman–Crippen MR) is 71.9 cm³/mol. The van der Waals surface area contributed by atoms with Crippen molar-refractivity contribution in [2.24, 2.45) is 0 Å². The third-order valence-electron chi connectivity index (χ3n) is 2.23. The predicted octanol–water partition coefficient (Wildman–Crippen LogP) is 2.21. The molecular weight excluding hydrogens is 226 g/mol. The van der Waals surface area contributed by atoms with Gasteiger partial charge in [0.05, 0.1) is 0 Å². The van der Waals surface area contributed by atoms with Gasteiger partial charge < -0.3 is 10.2 Å². The monoisotopic (exact) mass is 243 g/mol. The summed E-state index contributed by atoms with van der Waals surface area (Å²) in [5.41, 5.74) is 2.93. The molecule has 0 unspecified atom stereocenters. The number of hydrogen-bond acceptors (Lipinski definition) is 3. The Hall–Kier alpha value is -2.28. The maximum Gasteiger partial charge on any atom is 0.267 e. The molecule has 0 bridgehead atoms. The molecule has 1 amide bonds. The van der Waals surface area contributed by atoms with Crippen LogP contribution in [-0.4, -0.2) is 24.9 Å². The number of nitrogens with zero attached hydrogens (tertiary/aromatic N) is 2. The van der Waals surface area contributed by atoms with Gasteiger partial charge in [0.1, 0.15) is 11.6 Å². The zero-order valence-corrected chi connectivity index (χ0v) is 11.1. The molecule has 0 atom stereocenters. The highest BCUT2D eigenvalue weighted by Crippen LogP contribution is 2.14. The number of nitrogens with one attached hydrogen (secondary N) is 1. The Morgan fingerprint density at radius 3 is 2.28 bits per heavy atom. The van der Waals surface area contributed by atoms with Gasteiger partial charge in [-0.05, 0) is 37.1 Å². The van der Waals surface area contributed by atoms with Crippen LogP contribution in [0.1, 0.15) is 11.1 Å². The normalized spacial score (nSPS) is 10.7. The molecule has 0 saturated heterocycles. The van der Waals surface area contributed by atoms with Crippen LogP contribution in [0.15, 0.2) is 30.0 Å². The Kier molecular flexibility index (Phi) is 4.50. The molecule has 4 nitrogen and oxygen atoms in total. The van der Waals surface area contributed by atoms with E-state index in [2.05, 4.69) is 5.32 Å². The smallest absolute Gasteiger partial charge is 0.267 e. The highest BCUT2D eigenvalue weighted by Gasteiger charge is 2.09. The van der Waals surface area contributed by atoms with E-state index in [0.717, 1.165) is 11.1 Å². The van der Waals surface area contributed by atoms with Crippen molar-refractivity contribution >= 4 is 11.6 Å². The number of nitriles is 1. The van der Waals surface area contributed by atoms with Gasteiger partial charge >= 0.3 is 0 Å². The molecule has 1 aromatic rings. The lowest BCUT2D eigenvalue weighted by molar-refractivity contribution is -0.112. The van der Waals surface area contributed by atoms with Crippen molar-refractivity contribution in [3.05, 3.63) is 41.1 Å². The third kappa shape index (κ3) is 3.95. The molecule has 94 valence electrons. The summed E-state index contributed by atoms with van der Waals surface area (Å²) in [4.78, 5) is 13.5. The molecule has 0 radical (unpaired) electrons. The SMILES string of the molecule is Cc1cc(C)cc(NC(=O)C(C#N)=CN(C)C)c1. The molecule has 0 spiro atoms. The first-order valence-corrected chi connectivity index (χ1v) is 5.60. The van der Waals surface area contributed by atoms with Crippen LogP contribution in [-0.2, 0) is 4.79 Å². The number of carbonyl (C=O) groups excluding carboxylic acids is 1. The van der Waals surface area contributed by atoms with Crippen LogP contribution in [0.5, 0.6) is 0 Å². The Balaban J connectivity index is 2.91. The molecule has 0 heterocycles. The summed E-state index contributed by atoms with van der Waals surface area (Å²) in [5, 5.41) is 11.7. The second-order valence-electron chi connectivity index (χ2n) is 4.45. The van der Waals surface area contributed by atoms with Crippen LogP contribution in [0, 0.1) is 25.2 Å². The minimum Gasteiger partial charge on any atom is -0.382 e. The molecular formula is C14H17N3O. The van der Waals surface area contributed by atoms with Gasteiger partial charge in [-0.2, -0.15) is 5.26 Å². The van der Waals surface area contributed by atoms with E-state index < -0.39 is 5.91 Å². The van der Waals surface area contributed by atoms with Gasteiger partial charge in [-0.25, -0.2) is 0 Å². The highest BCUT2D eigenvalue weighted by molar-refractivity contribution is 6.06. The summed E-state index contributed by atoms with van der Waals surface area (Å²) < 4.78 is 0. The third-order valence-corrected chi connectivity index (χ3v) is 2.23. The Morgan fingerprint density at radius 2 is 1.83 bits per heavy atom. The molecule has 0 aromatic heterocycles. The van der Waals surface area contributed by atoms with Gasteiger partial charge in [-0.15, -0.1) is 0 Å². The Labute approximate surface area is 108 Å². The summed E-state index contributed by atoms with van der Waals surface area (Å²) in [5.74, 6) is -0.392. The molecule has 0 aliphatic rings. The van der Waals surface area contributed by atoms with Crippen LogP contribution < -0.4 is 5.32 Å². The lowest BCUT2D eigenvalue weighted by Crippen LogP contribution is -2.16. The minimum atomic E-state index is -0.392. The van der Waals surface area contributed by atoms with E-state index in [1.807, 2.05) is 38.1 Å². The van der Waals surface area contributed by atoms with Crippen molar-refractivity contribution in [1.29, 1.82) is 5.26 Å². The van der Waals surface area contributed by atoms with E-state index in [4.69, 9.17) is 5.26 Å². The van der Waals surface area contributed by atoms with Crippen LogP contribution >= 0.6 is 0 Å². The average molecular weight is 243 g/mol. The largest absolute Gasteiger partial charge is 0.382 e. The zero-order chi connectivity index (χ0) is 13.7. The van der Waals surface area contributed by atoms with Crippen molar-refractivity contribution in [1.82, 2.24) is 4.90 Å². The van der Waals surface area contributed by atoms with Gasteiger partial charge in [-0.3, -0.25) is 4.79 Å². The van der Waals surface area contributed by atoms with Gasteiger partial charge in [0.25, 0.3) is 5.91 Å². The summed E-state index contributed by atoms with van der Waals surface area (Å²) in [6.45, 7) is 3.92. The first-order valence-electron chi connectivity index (χ1n) is 5.60. The molecule has 1 aromatic carbocycles. The quantitative estimate of drug-likeness (QED) is 0.654. The standard InChI is InChI=1S/C14H17N3O/c1-10-5-11(2)7-13(6-10)16-14(18)12(8-15)9-17(3)4/h5-7,9H,1-4H3,(H,16,18). The maximum absolute atomic E-state index is 11.9. The summed E-state index contributed by atoms with van der Waals surface area (Å²) >= 11 is 0. The minimum absolute atomic E-state index is 0.0826. The van der Waals surface area contributed by atoms with Crippen molar-refractivity contribution in [3.8, 4) is 6.07 Å². The van der Waals surface area contributed by atoms with Crippen molar-refractivity contribution < 1.29 is 4.79 Å². The second kappa shape index (κ2) is 5.87. The molecule has 18 heavy (non-hydrogen) atoms. The van der Waals surface area contributed by atoms with Crippen molar-refractivity contribution in [3.63, 3.8) is 0 Å². The average Bonchev–Trinajstić information content (AvgIpc) is 2.23. The number of hydrogen-bond donors (Lipinski definition) is 1. The molecule has 0 fully saturated rings. The number of benzene rings is 1. The van der Waals surface area contributed by atoms with Crippen LogP contribution in [0.4, 0.5) is 5.69 Å². The number of rotatable bonds is 3. The zero-order valence-electron chi connectivity index (χ0n) is 11.1. The second-order valence-corrected chi connectivity index (χ2v) is 4.45. The van der Waals surface area contributed by atoms with E-state index in [1.165, 1.54) is 6.20 Å². The Bertz CT molecular complexity index is 504. The molecule has 0 saturated carbocycles.